The number of hydrogen-bond acceptors (Lipinski definition) is 3. The molecular weight excluding hydrogens is 324 g/mol. The summed E-state index contributed by atoms with van der Waals surface area (Å²) in [6.45, 7) is 9.75. The van der Waals surface area contributed by atoms with Gasteiger partial charge in [0.15, 0.2) is 0 Å². The van der Waals surface area contributed by atoms with Gasteiger partial charge in [-0.1, -0.05) is 27.2 Å². The lowest BCUT2D eigenvalue weighted by atomic mass is 9.63. The van der Waals surface area contributed by atoms with Gasteiger partial charge in [0, 0.05) is 31.5 Å². The first-order valence-electron chi connectivity index (χ1n) is 9.54. The van der Waals surface area contributed by atoms with Crippen molar-refractivity contribution in [1.82, 2.24) is 10.2 Å². The van der Waals surface area contributed by atoms with Gasteiger partial charge in [-0.2, -0.15) is 0 Å². The number of carbonyl (C=O) groups excluding carboxylic acids is 1. The standard InChI is InChI=1S/C19H36N2O2.ClH/c1-5-6-13-23-17-14-16(19(17,2)3)21(4)18(22)8-7-15-9-11-20-12-10-15;/h15-17,20H,5-14H2,1-4H3;1H. The first-order valence-corrected chi connectivity index (χ1v) is 9.54. The van der Waals surface area contributed by atoms with E-state index in [1.807, 2.05) is 11.9 Å². The van der Waals surface area contributed by atoms with Crippen LogP contribution in [0.25, 0.3) is 0 Å². The predicted octanol–water partition coefficient (Wildman–Crippen LogP) is 3.63. The number of nitrogens with zero attached hydrogens (tertiary/aromatic N) is 1. The number of unbranched alkanes of at least 4 members (excludes halogenated alkanes) is 1. The average molecular weight is 361 g/mol. The smallest absolute Gasteiger partial charge is 0.222 e. The van der Waals surface area contributed by atoms with Crippen molar-refractivity contribution in [2.75, 3.05) is 26.7 Å². The van der Waals surface area contributed by atoms with Crippen molar-refractivity contribution in [3.8, 4) is 0 Å². The molecular formula is C19H37ClN2O2. The fourth-order valence-electron chi connectivity index (χ4n) is 4.02. The molecule has 2 fully saturated rings. The summed E-state index contributed by atoms with van der Waals surface area (Å²) in [5.74, 6) is 1.04. The van der Waals surface area contributed by atoms with Crippen molar-refractivity contribution in [3.63, 3.8) is 0 Å². The molecule has 0 aromatic carbocycles. The molecule has 1 aliphatic heterocycles. The lowest BCUT2D eigenvalue weighted by Gasteiger charge is -2.55. The topological polar surface area (TPSA) is 41.6 Å². The maximum absolute atomic E-state index is 12.5. The lowest BCUT2D eigenvalue weighted by Crippen LogP contribution is -2.62. The third-order valence-corrected chi connectivity index (χ3v) is 6.03. The second-order valence-electron chi connectivity index (χ2n) is 8.02. The number of rotatable bonds is 8. The van der Waals surface area contributed by atoms with E-state index in [0.29, 0.717) is 24.5 Å². The molecule has 1 aliphatic carbocycles. The fourth-order valence-corrected chi connectivity index (χ4v) is 4.02. The van der Waals surface area contributed by atoms with Gasteiger partial charge in [-0.05, 0) is 51.1 Å². The van der Waals surface area contributed by atoms with Gasteiger partial charge in [0.25, 0.3) is 0 Å². The summed E-state index contributed by atoms with van der Waals surface area (Å²) in [6, 6.07) is 0.328. The zero-order valence-corrected chi connectivity index (χ0v) is 16.8. The molecule has 24 heavy (non-hydrogen) atoms. The molecule has 0 aromatic heterocycles. The summed E-state index contributed by atoms with van der Waals surface area (Å²) in [4.78, 5) is 14.5. The van der Waals surface area contributed by atoms with Crippen LogP contribution in [-0.2, 0) is 9.53 Å². The van der Waals surface area contributed by atoms with Crippen molar-refractivity contribution >= 4 is 18.3 Å². The Hall–Kier alpha value is -0.320. The van der Waals surface area contributed by atoms with Crippen LogP contribution >= 0.6 is 12.4 Å². The minimum absolute atomic E-state index is 0. The largest absolute Gasteiger partial charge is 0.378 e. The zero-order chi connectivity index (χ0) is 16.9. The van der Waals surface area contributed by atoms with Gasteiger partial charge in [0.1, 0.15) is 0 Å². The Bertz CT molecular complexity index is 384. The molecule has 0 bridgehead atoms. The minimum atomic E-state index is 0. The Morgan fingerprint density at radius 1 is 1.29 bits per heavy atom. The molecule has 0 aromatic rings. The number of hydrogen-bond donors (Lipinski definition) is 1. The van der Waals surface area contributed by atoms with E-state index in [4.69, 9.17) is 4.74 Å². The van der Waals surface area contributed by atoms with Gasteiger partial charge < -0.3 is 15.0 Å². The van der Waals surface area contributed by atoms with Crippen LogP contribution in [0.1, 0.15) is 65.7 Å². The van der Waals surface area contributed by atoms with Crippen molar-refractivity contribution < 1.29 is 9.53 Å². The Morgan fingerprint density at radius 2 is 1.96 bits per heavy atom. The van der Waals surface area contributed by atoms with Crippen molar-refractivity contribution in [3.05, 3.63) is 0 Å². The predicted molar refractivity (Wildman–Crippen MR) is 102 cm³/mol. The third-order valence-electron chi connectivity index (χ3n) is 6.03. The molecule has 1 heterocycles. The molecule has 0 spiro atoms. The quantitative estimate of drug-likeness (QED) is 0.672. The van der Waals surface area contributed by atoms with E-state index in [1.165, 1.54) is 19.3 Å². The second-order valence-corrected chi connectivity index (χ2v) is 8.02. The number of amides is 1. The van der Waals surface area contributed by atoms with Gasteiger partial charge in [-0.15, -0.1) is 12.4 Å². The monoisotopic (exact) mass is 360 g/mol. The molecule has 1 amide bonds. The number of nitrogens with one attached hydrogen (secondary N) is 1. The third kappa shape index (κ3) is 5.34. The molecule has 142 valence electrons. The van der Waals surface area contributed by atoms with Gasteiger partial charge in [0.05, 0.1) is 6.10 Å². The highest BCUT2D eigenvalue weighted by molar-refractivity contribution is 5.85. The molecule has 1 saturated heterocycles. The van der Waals surface area contributed by atoms with Crippen LogP contribution in [0.3, 0.4) is 0 Å². The maximum atomic E-state index is 12.5. The van der Waals surface area contributed by atoms with Crippen molar-refractivity contribution in [2.24, 2.45) is 11.3 Å². The van der Waals surface area contributed by atoms with E-state index < -0.39 is 0 Å². The Balaban J connectivity index is 0.00000288. The summed E-state index contributed by atoms with van der Waals surface area (Å²) in [7, 11) is 1.99. The SMILES string of the molecule is CCCCOC1CC(N(C)C(=O)CCC2CCNCC2)C1(C)C.Cl. The van der Waals surface area contributed by atoms with Gasteiger partial charge in [-0.3, -0.25) is 4.79 Å². The van der Waals surface area contributed by atoms with E-state index >= 15 is 0 Å². The van der Waals surface area contributed by atoms with E-state index in [0.717, 1.165) is 44.9 Å². The number of halogens is 1. The molecule has 1 saturated carbocycles. The van der Waals surface area contributed by atoms with Crippen LogP contribution in [0.15, 0.2) is 0 Å². The summed E-state index contributed by atoms with van der Waals surface area (Å²) in [5, 5.41) is 3.39. The first kappa shape index (κ1) is 21.7. The molecule has 2 rings (SSSR count). The molecule has 2 unspecified atom stereocenters. The summed E-state index contributed by atoms with van der Waals surface area (Å²) in [5.41, 5.74) is 0.0763. The van der Waals surface area contributed by atoms with Crippen LogP contribution in [0, 0.1) is 11.3 Å². The highest BCUT2D eigenvalue weighted by Gasteiger charge is 2.51. The number of carbonyl (C=O) groups is 1. The maximum Gasteiger partial charge on any atom is 0.222 e. The van der Waals surface area contributed by atoms with Crippen LogP contribution in [0.2, 0.25) is 0 Å². The summed E-state index contributed by atoms with van der Waals surface area (Å²) >= 11 is 0. The molecule has 0 radical (unpaired) electrons. The molecule has 2 atom stereocenters. The Kier molecular flexibility index (Phi) is 9.03. The molecule has 2 aliphatic rings. The molecule has 5 heteroatoms. The highest BCUT2D eigenvalue weighted by Crippen LogP contribution is 2.45. The number of piperidine rings is 1. The van der Waals surface area contributed by atoms with Gasteiger partial charge in [0.2, 0.25) is 5.91 Å². The Morgan fingerprint density at radius 3 is 2.54 bits per heavy atom. The average Bonchev–Trinajstić information content (AvgIpc) is 2.55. The van der Waals surface area contributed by atoms with E-state index in [-0.39, 0.29) is 17.8 Å². The van der Waals surface area contributed by atoms with Gasteiger partial charge >= 0.3 is 0 Å². The second kappa shape index (κ2) is 9.98. The summed E-state index contributed by atoms with van der Waals surface area (Å²) in [6.07, 6.45) is 7.79. The van der Waals surface area contributed by atoms with Crippen LogP contribution in [0.4, 0.5) is 0 Å². The molecule has 4 nitrogen and oxygen atoms in total. The van der Waals surface area contributed by atoms with Crippen molar-refractivity contribution in [1.29, 1.82) is 0 Å². The first-order chi connectivity index (χ1) is 11.0. The van der Waals surface area contributed by atoms with E-state index in [2.05, 4.69) is 26.1 Å². The van der Waals surface area contributed by atoms with E-state index in [9.17, 15) is 4.79 Å². The minimum Gasteiger partial charge on any atom is -0.378 e. The normalized spacial score (nSPS) is 26.3. The highest BCUT2D eigenvalue weighted by atomic mass is 35.5. The van der Waals surface area contributed by atoms with Crippen molar-refractivity contribution in [2.45, 2.75) is 77.9 Å². The lowest BCUT2D eigenvalue weighted by molar-refractivity contribution is -0.165. The molecule has 1 N–H and O–H groups in total. The zero-order valence-electron chi connectivity index (χ0n) is 16.0. The summed E-state index contributed by atoms with van der Waals surface area (Å²) < 4.78 is 6.00. The van der Waals surface area contributed by atoms with Crippen LogP contribution in [0.5, 0.6) is 0 Å². The van der Waals surface area contributed by atoms with Gasteiger partial charge in [-0.25, -0.2) is 0 Å². The Labute approximate surface area is 154 Å². The fraction of sp³-hybridized carbons (Fsp3) is 0.947. The van der Waals surface area contributed by atoms with Crippen LogP contribution < -0.4 is 5.32 Å². The van der Waals surface area contributed by atoms with Crippen LogP contribution in [-0.4, -0.2) is 49.7 Å². The van der Waals surface area contributed by atoms with E-state index in [1.54, 1.807) is 0 Å². The number of ether oxygens (including phenoxy) is 1.